The summed E-state index contributed by atoms with van der Waals surface area (Å²) in [7, 11) is 2.07. The van der Waals surface area contributed by atoms with Crippen LogP contribution in [0.4, 0.5) is 0 Å². The Morgan fingerprint density at radius 2 is 2.06 bits per heavy atom. The Morgan fingerprint density at radius 1 is 1.35 bits per heavy atom. The summed E-state index contributed by atoms with van der Waals surface area (Å²) in [5.74, 6) is 0. The first kappa shape index (κ1) is 10.9. The van der Waals surface area contributed by atoms with Crippen LogP contribution in [0.25, 0.3) is 10.9 Å². The lowest BCUT2D eigenvalue weighted by Gasteiger charge is -2.21. The smallest absolute Gasteiger partial charge is 0.112 e. The molecule has 1 unspecified atom stereocenters. The van der Waals surface area contributed by atoms with Crippen molar-refractivity contribution in [3.05, 3.63) is 35.5 Å². The van der Waals surface area contributed by atoms with Gasteiger partial charge in [0.15, 0.2) is 0 Å². The van der Waals surface area contributed by atoms with Gasteiger partial charge >= 0.3 is 0 Å². The average Bonchev–Trinajstić information content (AvgIpc) is 2.77. The lowest BCUT2D eigenvalue weighted by atomic mass is 9.95. The van der Waals surface area contributed by atoms with E-state index in [0.29, 0.717) is 5.04 Å². The Kier molecular flexibility index (Phi) is 2.17. The lowest BCUT2D eigenvalue weighted by Crippen LogP contribution is -2.11. The topological polar surface area (TPSA) is 28.8 Å². The number of fused-ring (bicyclic) bond motifs is 3. The summed E-state index contributed by atoms with van der Waals surface area (Å²) >= 11 is 1.69. The highest BCUT2D eigenvalue weighted by Gasteiger charge is 2.41. The summed E-state index contributed by atoms with van der Waals surface area (Å²) < 4.78 is 2.23. The fraction of sp³-hybridized carbons (Fsp3) is 0.357. The standard InChI is InChI=1S/C14H16N2S/c1-4-14(2)11-9-7-5-6-8-10(9)16(3)12(11)13(15)17-14/h5-8,15H,4H2,1-3H3. The van der Waals surface area contributed by atoms with Crippen LogP contribution < -0.4 is 0 Å². The molecule has 1 aromatic carbocycles. The van der Waals surface area contributed by atoms with Gasteiger partial charge in [0.2, 0.25) is 0 Å². The van der Waals surface area contributed by atoms with Crippen LogP contribution in [0.1, 0.15) is 31.5 Å². The molecular weight excluding hydrogens is 228 g/mol. The van der Waals surface area contributed by atoms with Gasteiger partial charge in [-0.1, -0.05) is 36.9 Å². The number of aromatic nitrogens is 1. The number of rotatable bonds is 1. The minimum Gasteiger partial charge on any atom is -0.342 e. The van der Waals surface area contributed by atoms with Gasteiger partial charge in [-0.25, -0.2) is 0 Å². The molecule has 3 heteroatoms. The second-order valence-electron chi connectivity index (χ2n) is 4.82. The molecule has 1 aromatic heterocycles. The van der Waals surface area contributed by atoms with Crippen LogP contribution in [-0.4, -0.2) is 9.61 Å². The number of thioether (sulfide) groups is 1. The zero-order chi connectivity index (χ0) is 12.2. The molecule has 1 atom stereocenters. The Balaban J connectivity index is 2.46. The second-order valence-corrected chi connectivity index (χ2v) is 6.33. The molecule has 2 heterocycles. The van der Waals surface area contributed by atoms with E-state index in [1.165, 1.54) is 16.5 Å². The molecule has 0 aliphatic carbocycles. The van der Waals surface area contributed by atoms with Crippen molar-refractivity contribution < 1.29 is 0 Å². The van der Waals surface area contributed by atoms with Gasteiger partial charge in [-0.05, 0) is 19.4 Å². The van der Waals surface area contributed by atoms with Gasteiger partial charge in [-0.2, -0.15) is 0 Å². The predicted octanol–water partition coefficient (Wildman–Crippen LogP) is 3.88. The number of hydrogen-bond acceptors (Lipinski definition) is 2. The number of para-hydroxylation sites is 1. The van der Waals surface area contributed by atoms with Crippen LogP contribution in [0.15, 0.2) is 24.3 Å². The highest BCUT2D eigenvalue weighted by atomic mass is 32.2. The van der Waals surface area contributed by atoms with Crippen LogP contribution in [0.3, 0.4) is 0 Å². The molecule has 1 N–H and O–H groups in total. The van der Waals surface area contributed by atoms with Crippen molar-refractivity contribution in [2.24, 2.45) is 7.05 Å². The first-order valence-electron chi connectivity index (χ1n) is 5.94. The fourth-order valence-corrected chi connectivity index (χ4v) is 4.01. The third-order valence-corrected chi connectivity index (χ3v) is 5.19. The molecule has 17 heavy (non-hydrogen) atoms. The maximum absolute atomic E-state index is 8.20. The zero-order valence-corrected chi connectivity index (χ0v) is 11.2. The van der Waals surface area contributed by atoms with E-state index in [0.717, 1.165) is 12.1 Å². The number of benzene rings is 1. The van der Waals surface area contributed by atoms with E-state index in [9.17, 15) is 0 Å². The number of nitrogens with zero attached hydrogens (tertiary/aromatic N) is 1. The molecule has 0 saturated heterocycles. The van der Waals surface area contributed by atoms with Gasteiger partial charge in [0.1, 0.15) is 5.04 Å². The van der Waals surface area contributed by atoms with E-state index < -0.39 is 0 Å². The van der Waals surface area contributed by atoms with Crippen molar-refractivity contribution in [2.45, 2.75) is 25.0 Å². The molecule has 0 bridgehead atoms. The largest absolute Gasteiger partial charge is 0.342 e. The van der Waals surface area contributed by atoms with Crippen molar-refractivity contribution in [3.63, 3.8) is 0 Å². The molecule has 1 aliphatic rings. The molecule has 2 aromatic rings. The molecule has 0 fully saturated rings. The van der Waals surface area contributed by atoms with Gasteiger partial charge in [0.25, 0.3) is 0 Å². The molecule has 88 valence electrons. The molecule has 0 amide bonds. The van der Waals surface area contributed by atoms with E-state index in [4.69, 9.17) is 5.41 Å². The second kappa shape index (κ2) is 3.39. The highest BCUT2D eigenvalue weighted by molar-refractivity contribution is 8.15. The van der Waals surface area contributed by atoms with E-state index in [2.05, 4.69) is 49.7 Å². The zero-order valence-electron chi connectivity index (χ0n) is 10.4. The maximum atomic E-state index is 8.20. The average molecular weight is 244 g/mol. The summed E-state index contributed by atoms with van der Waals surface area (Å²) in [4.78, 5) is 0. The molecule has 0 spiro atoms. The first-order valence-corrected chi connectivity index (χ1v) is 6.76. The third kappa shape index (κ3) is 1.26. The molecule has 2 nitrogen and oxygen atoms in total. The SMILES string of the molecule is CCC1(C)SC(=N)c2c1c1ccccc1n2C. The number of nitrogens with one attached hydrogen (secondary N) is 1. The fourth-order valence-electron chi connectivity index (χ4n) is 2.77. The van der Waals surface area contributed by atoms with E-state index in [-0.39, 0.29) is 4.75 Å². The quantitative estimate of drug-likeness (QED) is 0.810. The Bertz CT molecular complexity index is 626. The van der Waals surface area contributed by atoms with Crippen molar-refractivity contribution in [3.8, 4) is 0 Å². The molecule has 0 radical (unpaired) electrons. The van der Waals surface area contributed by atoms with Gasteiger partial charge in [-0.15, -0.1) is 0 Å². The normalized spacial score (nSPS) is 23.4. The van der Waals surface area contributed by atoms with Crippen LogP contribution in [-0.2, 0) is 11.8 Å². The van der Waals surface area contributed by atoms with Gasteiger partial charge in [0.05, 0.1) is 5.69 Å². The monoisotopic (exact) mass is 244 g/mol. The Labute approximate surface area is 106 Å². The minimum atomic E-state index is 0.0628. The van der Waals surface area contributed by atoms with Gasteiger partial charge in [-0.3, -0.25) is 5.41 Å². The predicted molar refractivity (Wildman–Crippen MR) is 75.0 cm³/mol. The highest BCUT2D eigenvalue weighted by Crippen LogP contribution is 2.52. The van der Waals surface area contributed by atoms with Crippen LogP contribution in [0.5, 0.6) is 0 Å². The van der Waals surface area contributed by atoms with Gasteiger partial charge in [0, 0.05) is 28.3 Å². The van der Waals surface area contributed by atoms with E-state index >= 15 is 0 Å². The van der Waals surface area contributed by atoms with Crippen molar-refractivity contribution in [1.82, 2.24) is 4.57 Å². The first-order chi connectivity index (χ1) is 8.08. The van der Waals surface area contributed by atoms with Crippen molar-refractivity contribution >= 4 is 27.7 Å². The summed E-state index contributed by atoms with van der Waals surface area (Å²) in [6.45, 7) is 4.46. The van der Waals surface area contributed by atoms with Crippen LogP contribution in [0, 0.1) is 5.41 Å². The lowest BCUT2D eigenvalue weighted by molar-refractivity contribution is 0.675. The summed E-state index contributed by atoms with van der Waals surface area (Å²) in [6.07, 6.45) is 1.06. The van der Waals surface area contributed by atoms with Crippen LogP contribution >= 0.6 is 11.8 Å². The Hall–Kier alpha value is -1.22. The van der Waals surface area contributed by atoms with Crippen molar-refractivity contribution in [1.29, 1.82) is 5.41 Å². The van der Waals surface area contributed by atoms with Gasteiger partial charge < -0.3 is 4.57 Å². The molecule has 1 aliphatic heterocycles. The minimum absolute atomic E-state index is 0.0628. The molecular formula is C14H16N2S. The third-order valence-electron chi connectivity index (χ3n) is 3.85. The van der Waals surface area contributed by atoms with E-state index in [1.54, 1.807) is 11.8 Å². The van der Waals surface area contributed by atoms with Crippen molar-refractivity contribution in [2.75, 3.05) is 0 Å². The van der Waals surface area contributed by atoms with E-state index in [1.807, 2.05) is 0 Å². The molecule has 0 saturated carbocycles. The summed E-state index contributed by atoms with van der Waals surface area (Å²) in [5, 5.41) is 10.2. The summed E-state index contributed by atoms with van der Waals surface area (Å²) in [5.41, 5.74) is 3.70. The molecule has 3 rings (SSSR count). The summed E-state index contributed by atoms with van der Waals surface area (Å²) in [6, 6.07) is 8.48. The maximum Gasteiger partial charge on any atom is 0.112 e. The Morgan fingerprint density at radius 3 is 2.76 bits per heavy atom. The van der Waals surface area contributed by atoms with Crippen LogP contribution in [0.2, 0.25) is 0 Å². The number of aryl methyl sites for hydroxylation is 1. The number of hydrogen-bond donors (Lipinski definition) is 1.